The molecule has 7 rings (SSSR count). The summed E-state index contributed by atoms with van der Waals surface area (Å²) in [7, 11) is 0. The second kappa shape index (κ2) is 6.76. The van der Waals surface area contributed by atoms with Gasteiger partial charge in [-0.05, 0) is 101 Å². The maximum atomic E-state index is 12.7. The molecule has 3 heterocycles. The lowest BCUT2D eigenvalue weighted by molar-refractivity contribution is -0.282. The summed E-state index contributed by atoms with van der Waals surface area (Å²) in [4.78, 5) is 12.7. The van der Waals surface area contributed by atoms with Gasteiger partial charge in [-0.2, -0.15) is 0 Å². The quantitative estimate of drug-likeness (QED) is 0.456. The summed E-state index contributed by atoms with van der Waals surface area (Å²) < 4.78 is 19.4. The Morgan fingerprint density at radius 2 is 1.65 bits per heavy atom. The van der Waals surface area contributed by atoms with E-state index in [4.69, 9.17) is 14.2 Å². The number of hydrogen-bond donors (Lipinski definition) is 3. The smallest absolute Gasteiger partial charge is 0.335 e. The van der Waals surface area contributed by atoms with Gasteiger partial charge in [-0.3, -0.25) is 0 Å². The van der Waals surface area contributed by atoms with Crippen LogP contribution >= 0.6 is 0 Å². The van der Waals surface area contributed by atoms with Gasteiger partial charge in [0.2, 0.25) is 0 Å². The molecule has 3 spiro atoms. The van der Waals surface area contributed by atoms with E-state index in [-0.39, 0.29) is 40.1 Å². The molecule has 0 unspecified atom stereocenters. The van der Waals surface area contributed by atoms with E-state index in [1.54, 1.807) is 13.8 Å². The molecule has 208 valence electrons. The minimum absolute atomic E-state index is 0.0293. The predicted octanol–water partition coefficient (Wildman–Crippen LogP) is 3.56. The number of esters is 1. The van der Waals surface area contributed by atoms with Crippen LogP contribution in [0.15, 0.2) is 0 Å². The van der Waals surface area contributed by atoms with Gasteiger partial charge in [0.25, 0.3) is 0 Å². The number of fused-ring (bicyclic) bond motifs is 4. The molecule has 3 saturated heterocycles. The Labute approximate surface area is 220 Å². The summed E-state index contributed by atoms with van der Waals surface area (Å²) in [6.07, 6.45) is 3.52. The van der Waals surface area contributed by atoms with Crippen molar-refractivity contribution in [3.63, 3.8) is 0 Å². The van der Waals surface area contributed by atoms with Crippen molar-refractivity contribution in [2.45, 2.75) is 135 Å². The van der Waals surface area contributed by atoms with Gasteiger partial charge in [0, 0.05) is 17.3 Å². The molecule has 37 heavy (non-hydrogen) atoms. The molecule has 13 atom stereocenters. The number of hydrogen-bond acceptors (Lipinski definition) is 7. The number of cyclic esters (lactones) is 1. The first-order chi connectivity index (χ1) is 17.0. The first-order valence-electron chi connectivity index (χ1n) is 14.7. The van der Waals surface area contributed by atoms with Crippen molar-refractivity contribution in [1.29, 1.82) is 0 Å². The lowest BCUT2D eigenvalue weighted by Crippen LogP contribution is -2.59. The van der Waals surface area contributed by atoms with Crippen LogP contribution in [0.3, 0.4) is 0 Å². The van der Waals surface area contributed by atoms with Gasteiger partial charge < -0.3 is 29.5 Å². The molecule has 0 amide bonds. The molecule has 7 aliphatic rings. The molecular formula is C30H46O7. The number of ether oxygens (including phenoxy) is 3. The third kappa shape index (κ3) is 2.57. The van der Waals surface area contributed by atoms with Crippen molar-refractivity contribution >= 4 is 5.97 Å². The van der Waals surface area contributed by atoms with Crippen molar-refractivity contribution in [1.82, 2.24) is 0 Å². The molecule has 2 bridgehead atoms. The van der Waals surface area contributed by atoms with Gasteiger partial charge in [0.1, 0.15) is 17.8 Å². The summed E-state index contributed by atoms with van der Waals surface area (Å²) in [6.45, 7) is 14.5. The SMILES string of the molecule is C[C@@H]1C[C@H]2O[C@@]3(O[C@H]2C(C)(C)O)[C@H](O)[C@@]2(C)[C@@H]4CC[C@H]5C(C)(C)OC(=O)[C@H](O)C[C@@]56C[C@@]46CC[C@]2(C)[C@@H]13. The molecule has 0 radical (unpaired) electrons. The van der Waals surface area contributed by atoms with Crippen LogP contribution in [0.4, 0.5) is 0 Å². The molecule has 4 aliphatic carbocycles. The molecule has 0 aromatic rings. The molecule has 7 nitrogen and oxygen atoms in total. The van der Waals surface area contributed by atoms with Gasteiger partial charge in [-0.15, -0.1) is 0 Å². The Kier molecular flexibility index (Phi) is 4.61. The number of carbonyl (C=O) groups excluding carboxylic acids is 1. The van der Waals surface area contributed by atoms with E-state index in [0.29, 0.717) is 12.3 Å². The molecule has 3 aliphatic heterocycles. The monoisotopic (exact) mass is 518 g/mol. The molecule has 0 aromatic carbocycles. The third-order valence-corrected chi connectivity index (χ3v) is 13.6. The van der Waals surface area contributed by atoms with Crippen molar-refractivity contribution < 1.29 is 34.3 Å². The van der Waals surface area contributed by atoms with Gasteiger partial charge in [0.05, 0.1) is 11.7 Å². The topological polar surface area (TPSA) is 105 Å². The van der Waals surface area contributed by atoms with Crippen LogP contribution in [0.2, 0.25) is 0 Å². The van der Waals surface area contributed by atoms with Crippen LogP contribution in [0, 0.1) is 45.3 Å². The largest absolute Gasteiger partial charge is 0.457 e. The minimum Gasteiger partial charge on any atom is -0.457 e. The van der Waals surface area contributed by atoms with Crippen molar-refractivity contribution in [2.24, 2.45) is 45.3 Å². The molecule has 7 fully saturated rings. The second-order valence-electron chi connectivity index (χ2n) is 15.8. The Hall–Kier alpha value is -0.730. The van der Waals surface area contributed by atoms with E-state index in [9.17, 15) is 20.1 Å². The fourth-order valence-electron chi connectivity index (χ4n) is 12.3. The highest BCUT2D eigenvalue weighted by Gasteiger charge is 2.88. The Morgan fingerprint density at radius 1 is 0.973 bits per heavy atom. The molecular weight excluding hydrogens is 472 g/mol. The number of aliphatic hydroxyl groups excluding tert-OH is 2. The Morgan fingerprint density at radius 3 is 2.32 bits per heavy atom. The lowest BCUT2D eigenvalue weighted by atomic mass is 9.43. The van der Waals surface area contributed by atoms with Crippen LogP contribution in [0.25, 0.3) is 0 Å². The van der Waals surface area contributed by atoms with Crippen LogP contribution in [-0.2, 0) is 19.0 Å². The maximum Gasteiger partial charge on any atom is 0.335 e. The van der Waals surface area contributed by atoms with E-state index in [0.717, 1.165) is 38.5 Å². The van der Waals surface area contributed by atoms with E-state index >= 15 is 0 Å². The summed E-state index contributed by atoms with van der Waals surface area (Å²) in [5, 5.41) is 34.3. The van der Waals surface area contributed by atoms with Crippen molar-refractivity contribution in [2.75, 3.05) is 0 Å². The zero-order valence-corrected chi connectivity index (χ0v) is 23.5. The van der Waals surface area contributed by atoms with Gasteiger partial charge >= 0.3 is 5.97 Å². The maximum absolute atomic E-state index is 12.7. The molecule has 0 aromatic heterocycles. The molecule has 7 heteroatoms. The first kappa shape index (κ1) is 25.3. The second-order valence-corrected chi connectivity index (χ2v) is 15.8. The van der Waals surface area contributed by atoms with E-state index in [1.807, 2.05) is 13.8 Å². The Bertz CT molecular complexity index is 1050. The number of carbonyl (C=O) groups is 1. The average Bonchev–Trinajstić information content (AvgIpc) is 3.30. The van der Waals surface area contributed by atoms with Crippen molar-refractivity contribution in [3.8, 4) is 0 Å². The van der Waals surface area contributed by atoms with E-state index < -0.39 is 46.7 Å². The lowest BCUT2D eigenvalue weighted by Gasteiger charge is -2.61. The van der Waals surface area contributed by atoms with Crippen LogP contribution < -0.4 is 0 Å². The summed E-state index contributed by atoms with van der Waals surface area (Å²) in [5.41, 5.74) is -2.51. The third-order valence-electron chi connectivity index (χ3n) is 13.6. The Balaban J connectivity index is 1.34. The summed E-state index contributed by atoms with van der Waals surface area (Å²) in [6, 6.07) is 0. The highest BCUT2D eigenvalue weighted by molar-refractivity contribution is 5.75. The average molecular weight is 519 g/mol. The highest BCUT2D eigenvalue weighted by atomic mass is 16.8. The summed E-state index contributed by atoms with van der Waals surface area (Å²) in [5.74, 6) is -0.825. The molecule has 4 saturated carbocycles. The number of rotatable bonds is 1. The van der Waals surface area contributed by atoms with E-state index in [2.05, 4.69) is 20.8 Å². The van der Waals surface area contributed by atoms with Gasteiger partial charge in [-0.1, -0.05) is 20.8 Å². The van der Waals surface area contributed by atoms with Gasteiger partial charge in [-0.25, -0.2) is 4.79 Å². The zero-order chi connectivity index (χ0) is 26.8. The fourth-order valence-corrected chi connectivity index (χ4v) is 12.3. The number of aliphatic hydroxyl groups is 3. The van der Waals surface area contributed by atoms with E-state index in [1.165, 1.54) is 0 Å². The standard InChI is InChI=1S/C30H46O7/c1-15-12-17-21(24(2,3)34)36-30(35-17)20(15)26(6)10-11-28-14-29(28)13-16(31)22(32)37-25(4,5)18(29)8-9-19(28)27(26,7)23(30)33/h15-21,23,31,33-34H,8-14H2,1-7H3/t15-,16-,17-,18+,19+,20-,21-,23-,26-,27-,28+,29-,30+/m1/s1. The first-order valence-corrected chi connectivity index (χ1v) is 14.7. The van der Waals surface area contributed by atoms with Gasteiger partial charge in [0.15, 0.2) is 11.9 Å². The normalized spacial score (nSPS) is 61.3. The highest BCUT2D eigenvalue weighted by Crippen LogP contribution is 2.89. The van der Waals surface area contributed by atoms with Crippen LogP contribution in [0.1, 0.15) is 93.4 Å². The zero-order valence-electron chi connectivity index (χ0n) is 23.5. The van der Waals surface area contributed by atoms with Crippen molar-refractivity contribution in [3.05, 3.63) is 0 Å². The predicted molar refractivity (Wildman–Crippen MR) is 134 cm³/mol. The van der Waals surface area contributed by atoms with Crippen LogP contribution in [-0.4, -0.2) is 62.7 Å². The fraction of sp³-hybridized carbons (Fsp3) is 0.967. The molecule has 3 N–H and O–H groups in total. The minimum atomic E-state index is -1.11. The summed E-state index contributed by atoms with van der Waals surface area (Å²) >= 11 is 0. The van der Waals surface area contributed by atoms with Crippen LogP contribution in [0.5, 0.6) is 0 Å².